The largest absolute Gasteiger partial charge is 0.481 e. The van der Waals surface area contributed by atoms with E-state index in [1.807, 2.05) is 0 Å². The standard InChI is InChI=1S/C24H21F2N3O3/c1-32-22-9-6-14(12-28-22)24(31)29(13-15-4-2-3-5-17(15)23(27)30)21-8-7-18-19(21)10-16(25)11-20(18)26/h2-6,9-12,21H,7-8,13H2,1H3,(H2,27,30)/t21-/m1/s1. The highest BCUT2D eigenvalue weighted by Crippen LogP contribution is 2.39. The van der Waals surface area contributed by atoms with Gasteiger partial charge in [-0.25, -0.2) is 13.8 Å². The van der Waals surface area contributed by atoms with Crippen LogP contribution < -0.4 is 10.5 Å². The number of ether oxygens (including phenoxy) is 1. The minimum atomic E-state index is -0.704. The first-order chi connectivity index (χ1) is 15.4. The monoisotopic (exact) mass is 437 g/mol. The molecule has 0 aliphatic heterocycles. The Kier molecular flexibility index (Phi) is 5.85. The predicted octanol–water partition coefficient (Wildman–Crippen LogP) is 3.80. The molecule has 0 spiro atoms. The van der Waals surface area contributed by atoms with Gasteiger partial charge >= 0.3 is 0 Å². The van der Waals surface area contributed by atoms with E-state index in [-0.39, 0.29) is 23.6 Å². The number of primary amides is 1. The minimum Gasteiger partial charge on any atom is -0.481 e. The van der Waals surface area contributed by atoms with E-state index < -0.39 is 23.6 Å². The van der Waals surface area contributed by atoms with Crippen molar-refractivity contribution in [1.82, 2.24) is 9.88 Å². The number of carbonyl (C=O) groups excluding carboxylic acids is 2. The van der Waals surface area contributed by atoms with Gasteiger partial charge in [-0.15, -0.1) is 0 Å². The molecule has 164 valence electrons. The minimum absolute atomic E-state index is 0.0339. The SMILES string of the molecule is COc1ccc(C(=O)N(Cc2ccccc2C(N)=O)[C@@H]2CCc3c(F)cc(F)cc32)cn1. The Bertz CT molecular complexity index is 1180. The Hall–Kier alpha value is -3.81. The highest BCUT2D eigenvalue weighted by Gasteiger charge is 2.34. The third kappa shape index (κ3) is 4.03. The second-order valence-electron chi connectivity index (χ2n) is 7.55. The lowest BCUT2D eigenvalue weighted by Crippen LogP contribution is -2.34. The molecule has 0 unspecified atom stereocenters. The second-order valence-corrected chi connectivity index (χ2v) is 7.55. The number of rotatable bonds is 6. The molecule has 2 N–H and O–H groups in total. The van der Waals surface area contributed by atoms with E-state index in [1.165, 1.54) is 24.3 Å². The molecule has 0 saturated heterocycles. The highest BCUT2D eigenvalue weighted by molar-refractivity contribution is 5.96. The predicted molar refractivity (Wildman–Crippen MR) is 113 cm³/mol. The second kappa shape index (κ2) is 8.74. The molecule has 1 aliphatic carbocycles. The summed E-state index contributed by atoms with van der Waals surface area (Å²) in [6, 6.07) is 11.4. The maximum absolute atomic E-state index is 14.4. The van der Waals surface area contributed by atoms with Crippen molar-refractivity contribution in [3.63, 3.8) is 0 Å². The fourth-order valence-corrected chi connectivity index (χ4v) is 4.14. The first kappa shape index (κ1) is 21.4. The van der Waals surface area contributed by atoms with E-state index in [1.54, 1.807) is 36.4 Å². The molecule has 2 aromatic carbocycles. The Balaban J connectivity index is 1.78. The normalized spacial score (nSPS) is 14.7. The zero-order valence-corrected chi connectivity index (χ0v) is 17.3. The van der Waals surface area contributed by atoms with Crippen LogP contribution in [0.15, 0.2) is 54.7 Å². The zero-order valence-electron chi connectivity index (χ0n) is 17.3. The maximum atomic E-state index is 14.4. The fraction of sp³-hybridized carbons (Fsp3) is 0.208. The Labute approximate surface area is 183 Å². The number of hydrogen-bond donors (Lipinski definition) is 1. The summed E-state index contributed by atoms with van der Waals surface area (Å²) >= 11 is 0. The summed E-state index contributed by atoms with van der Waals surface area (Å²) in [5, 5.41) is 0. The van der Waals surface area contributed by atoms with Crippen LogP contribution in [0, 0.1) is 11.6 Å². The van der Waals surface area contributed by atoms with Gasteiger partial charge in [-0.2, -0.15) is 0 Å². The molecule has 0 saturated carbocycles. The Morgan fingerprint density at radius 1 is 1.19 bits per heavy atom. The van der Waals surface area contributed by atoms with Crippen LogP contribution in [0.4, 0.5) is 8.78 Å². The lowest BCUT2D eigenvalue weighted by atomic mass is 10.0. The van der Waals surface area contributed by atoms with E-state index in [2.05, 4.69) is 4.98 Å². The van der Waals surface area contributed by atoms with E-state index in [4.69, 9.17) is 10.5 Å². The zero-order chi connectivity index (χ0) is 22.8. The summed E-state index contributed by atoms with van der Waals surface area (Å²) < 4.78 is 33.4. The quantitative estimate of drug-likeness (QED) is 0.636. The smallest absolute Gasteiger partial charge is 0.256 e. The number of pyridine rings is 1. The van der Waals surface area contributed by atoms with Crippen molar-refractivity contribution in [2.45, 2.75) is 25.4 Å². The molecule has 1 aliphatic rings. The summed E-state index contributed by atoms with van der Waals surface area (Å²) in [5.74, 6) is -1.99. The lowest BCUT2D eigenvalue weighted by molar-refractivity contribution is 0.0655. The molecule has 1 aromatic heterocycles. The van der Waals surface area contributed by atoms with Gasteiger partial charge in [0.2, 0.25) is 11.8 Å². The summed E-state index contributed by atoms with van der Waals surface area (Å²) in [6.45, 7) is 0.0339. The van der Waals surface area contributed by atoms with Gasteiger partial charge in [-0.05, 0) is 47.7 Å². The van der Waals surface area contributed by atoms with E-state index >= 15 is 0 Å². The number of benzene rings is 2. The number of nitrogens with two attached hydrogens (primary N) is 1. The number of hydrogen-bond acceptors (Lipinski definition) is 4. The van der Waals surface area contributed by atoms with Crippen LogP contribution in [0.2, 0.25) is 0 Å². The van der Waals surface area contributed by atoms with Gasteiger partial charge in [0.15, 0.2) is 0 Å². The molecule has 0 bridgehead atoms. The highest BCUT2D eigenvalue weighted by atomic mass is 19.1. The molecular weight excluding hydrogens is 416 g/mol. The average molecular weight is 437 g/mol. The van der Waals surface area contributed by atoms with Gasteiger partial charge < -0.3 is 15.4 Å². The molecule has 6 nitrogen and oxygen atoms in total. The van der Waals surface area contributed by atoms with Crippen LogP contribution in [-0.2, 0) is 13.0 Å². The number of halogens is 2. The molecule has 32 heavy (non-hydrogen) atoms. The van der Waals surface area contributed by atoms with Gasteiger partial charge in [0.1, 0.15) is 11.6 Å². The van der Waals surface area contributed by atoms with Crippen molar-refractivity contribution in [1.29, 1.82) is 0 Å². The summed E-state index contributed by atoms with van der Waals surface area (Å²) in [7, 11) is 1.47. The van der Waals surface area contributed by atoms with Crippen LogP contribution in [0.5, 0.6) is 5.88 Å². The van der Waals surface area contributed by atoms with Crippen LogP contribution >= 0.6 is 0 Å². The van der Waals surface area contributed by atoms with Crippen molar-refractivity contribution in [2.24, 2.45) is 5.73 Å². The number of nitrogens with zero attached hydrogens (tertiary/aromatic N) is 2. The summed E-state index contributed by atoms with van der Waals surface area (Å²) in [4.78, 5) is 31.1. The molecule has 8 heteroatoms. The molecule has 1 atom stereocenters. The van der Waals surface area contributed by atoms with E-state index in [9.17, 15) is 18.4 Å². The molecule has 0 fully saturated rings. The first-order valence-electron chi connectivity index (χ1n) is 10.1. The van der Waals surface area contributed by atoms with Gasteiger partial charge in [0.25, 0.3) is 5.91 Å². The van der Waals surface area contributed by atoms with Crippen LogP contribution in [-0.4, -0.2) is 28.8 Å². The van der Waals surface area contributed by atoms with Crippen molar-refractivity contribution >= 4 is 11.8 Å². The lowest BCUT2D eigenvalue weighted by Gasteiger charge is -2.30. The Morgan fingerprint density at radius 2 is 1.97 bits per heavy atom. The molecular formula is C24H21F2N3O3. The van der Waals surface area contributed by atoms with Gasteiger partial charge in [0.05, 0.1) is 18.7 Å². The molecule has 3 aromatic rings. The average Bonchev–Trinajstić information content (AvgIpc) is 3.21. The van der Waals surface area contributed by atoms with Crippen molar-refractivity contribution < 1.29 is 23.1 Å². The van der Waals surface area contributed by atoms with E-state index in [0.29, 0.717) is 35.4 Å². The van der Waals surface area contributed by atoms with Gasteiger partial charge in [-0.1, -0.05) is 18.2 Å². The van der Waals surface area contributed by atoms with Gasteiger partial charge in [0, 0.05) is 30.4 Å². The van der Waals surface area contributed by atoms with Crippen LogP contribution in [0.25, 0.3) is 0 Å². The van der Waals surface area contributed by atoms with E-state index in [0.717, 1.165) is 6.07 Å². The topological polar surface area (TPSA) is 85.5 Å². The van der Waals surface area contributed by atoms with Crippen LogP contribution in [0.1, 0.15) is 49.9 Å². The van der Waals surface area contributed by atoms with Crippen molar-refractivity contribution in [2.75, 3.05) is 7.11 Å². The fourth-order valence-electron chi connectivity index (χ4n) is 4.14. The molecule has 4 rings (SSSR count). The first-order valence-corrected chi connectivity index (χ1v) is 10.1. The molecule has 0 radical (unpaired) electrons. The number of methoxy groups -OCH3 is 1. The number of fused-ring (bicyclic) bond motifs is 1. The summed E-state index contributed by atoms with van der Waals surface area (Å²) in [6.07, 6.45) is 2.17. The molecule has 1 heterocycles. The molecule has 2 amide bonds. The third-order valence-electron chi connectivity index (χ3n) is 5.67. The third-order valence-corrected chi connectivity index (χ3v) is 5.67. The number of carbonyl (C=O) groups is 2. The van der Waals surface area contributed by atoms with Gasteiger partial charge in [-0.3, -0.25) is 9.59 Å². The number of amides is 2. The van der Waals surface area contributed by atoms with Crippen LogP contribution in [0.3, 0.4) is 0 Å². The van der Waals surface area contributed by atoms with Crippen molar-refractivity contribution in [3.8, 4) is 5.88 Å². The Morgan fingerprint density at radius 3 is 2.66 bits per heavy atom. The van der Waals surface area contributed by atoms with Crippen molar-refractivity contribution in [3.05, 3.63) is 94.2 Å². The number of aromatic nitrogens is 1. The summed E-state index contributed by atoms with van der Waals surface area (Å²) in [5.41, 5.74) is 7.44. The maximum Gasteiger partial charge on any atom is 0.256 e.